The number of nitrogens with zero attached hydrogens (tertiary/aromatic N) is 4. The Hall–Kier alpha value is -3.40. The number of furan rings is 1. The van der Waals surface area contributed by atoms with Crippen LogP contribution < -0.4 is 4.90 Å². The minimum Gasteiger partial charge on any atom is -0.460 e. The van der Waals surface area contributed by atoms with Crippen LogP contribution in [0.4, 0.5) is 10.5 Å². The summed E-state index contributed by atoms with van der Waals surface area (Å²) >= 11 is 0. The van der Waals surface area contributed by atoms with Crippen molar-refractivity contribution in [1.82, 2.24) is 14.8 Å². The molecule has 2 unspecified atom stereocenters. The van der Waals surface area contributed by atoms with E-state index in [0.29, 0.717) is 18.4 Å². The molecule has 33 heavy (non-hydrogen) atoms. The quantitative estimate of drug-likeness (QED) is 0.492. The van der Waals surface area contributed by atoms with Gasteiger partial charge in [-0.25, -0.2) is 14.6 Å². The molecular weight excluding hydrogens is 428 g/mol. The molecule has 0 N–H and O–H groups in total. The fraction of sp³-hybridized carbons (Fsp3) is 0.478. The van der Waals surface area contributed by atoms with Gasteiger partial charge in [-0.2, -0.15) is 5.10 Å². The van der Waals surface area contributed by atoms with Gasteiger partial charge >= 0.3 is 12.1 Å². The molecule has 0 saturated carbocycles. The van der Waals surface area contributed by atoms with Crippen molar-refractivity contribution in [2.75, 3.05) is 24.7 Å². The zero-order valence-corrected chi connectivity index (χ0v) is 19.2. The summed E-state index contributed by atoms with van der Waals surface area (Å²) < 4.78 is 24.0. The lowest BCUT2D eigenvalue weighted by molar-refractivity contribution is 0.0493. The zero-order chi connectivity index (χ0) is 23.5. The molecule has 176 valence electrons. The van der Waals surface area contributed by atoms with Gasteiger partial charge in [-0.1, -0.05) is 6.92 Å². The fourth-order valence-electron chi connectivity index (χ4n) is 4.04. The topological polar surface area (TPSA) is 109 Å². The molecule has 1 saturated heterocycles. The van der Waals surface area contributed by atoms with Gasteiger partial charge in [0.1, 0.15) is 5.69 Å². The summed E-state index contributed by atoms with van der Waals surface area (Å²) in [5.41, 5.74) is 2.12. The van der Waals surface area contributed by atoms with Crippen LogP contribution in [-0.4, -0.2) is 58.8 Å². The number of aryl methyl sites for hydroxylation is 1. The van der Waals surface area contributed by atoms with Gasteiger partial charge in [0.15, 0.2) is 0 Å². The Morgan fingerprint density at radius 3 is 2.61 bits per heavy atom. The van der Waals surface area contributed by atoms with Gasteiger partial charge in [-0.05, 0) is 32.8 Å². The number of rotatable bonds is 7. The highest BCUT2D eigenvalue weighted by Crippen LogP contribution is 2.39. The highest BCUT2D eigenvalue weighted by Gasteiger charge is 2.39. The molecule has 2 atom stereocenters. The number of esters is 1. The first-order chi connectivity index (χ1) is 16.0. The van der Waals surface area contributed by atoms with Gasteiger partial charge in [-0.15, -0.1) is 0 Å². The molecule has 0 radical (unpaired) electrons. The molecule has 4 heterocycles. The summed E-state index contributed by atoms with van der Waals surface area (Å²) in [7, 11) is 1.82. The van der Waals surface area contributed by atoms with E-state index in [4.69, 9.17) is 18.6 Å². The average Bonchev–Trinajstić information content (AvgIpc) is 3.53. The van der Waals surface area contributed by atoms with Crippen molar-refractivity contribution in [2.24, 2.45) is 7.05 Å². The van der Waals surface area contributed by atoms with Crippen molar-refractivity contribution < 1.29 is 28.2 Å². The van der Waals surface area contributed by atoms with E-state index in [1.54, 1.807) is 30.9 Å². The Bertz CT molecular complexity index is 1150. The van der Waals surface area contributed by atoms with Crippen LogP contribution in [0, 0.1) is 0 Å². The number of fused-ring (bicyclic) bond motifs is 1. The second-order valence-electron chi connectivity index (χ2n) is 7.80. The van der Waals surface area contributed by atoms with Crippen molar-refractivity contribution in [1.29, 1.82) is 0 Å². The number of ether oxygens (including phenoxy) is 3. The number of aromatic nitrogens is 3. The lowest BCUT2D eigenvalue weighted by Crippen LogP contribution is -2.42. The predicted octanol–water partition coefficient (Wildman–Crippen LogP) is 3.94. The van der Waals surface area contributed by atoms with E-state index in [2.05, 4.69) is 10.1 Å². The monoisotopic (exact) mass is 456 g/mol. The number of hydrogen-bond acceptors (Lipinski definition) is 8. The molecule has 4 rings (SSSR count). The van der Waals surface area contributed by atoms with Crippen LogP contribution in [-0.2, 0) is 21.3 Å². The fourth-order valence-corrected chi connectivity index (χ4v) is 4.04. The number of anilines is 1. The number of pyridine rings is 1. The Balaban J connectivity index is 1.90. The van der Waals surface area contributed by atoms with Crippen molar-refractivity contribution >= 4 is 28.8 Å². The summed E-state index contributed by atoms with van der Waals surface area (Å²) in [5, 5.41) is 4.72. The summed E-state index contributed by atoms with van der Waals surface area (Å²) in [6, 6.07) is 1.50. The smallest absolute Gasteiger partial charge is 0.414 e. The number of carbonyl (C=O) groups is 2. The first-order valence-corrected chi connectivity index (χ1v) is 11.1. The van der Waals surface area contributed by atoms with Crippen LogP contribution in [0.5, 0.6) is 0 Å². The second-order valence-corrected chi connectivity index (χ2v) is 7.80. The first-order valence-electron chi connectivity index (χ1n) is 11.1. The van der Waals surface area contributed by atoms with Crippen molar-refractivity contribution in [2.45, 2.75) is 45.8 Å². The van der Waals surface area contributed by atoms with Crippen LogP contribution in [0.25, 0.3) is 22.2 Å². The van der Waals surface area contributed by atoms with Gasteiger partial charge in [0.25, 0.3) is 0 Å². The van der Waals surface area contributed by atoms with Gasteiger partial charge in [0.05, 0.1) is 43.5 Å². The molecule has 10 heteroatoms. The maximum absolute atomic E-state index is 13.2. The Morgan fingerprint density at radius 1 is 1.18 bits per heavy atom. The highest BCUT2D eigenvalue weighted by molar-refractivity contribution is 6.09. The van der Waals surface area contributed by atoms with E-state index >= 15 is 0 Å². The molecule has 1 amide bonds. The van der Waals surface area contributed by atoms with Crippen LogP contribution in [0.1, 0.15) is 44.2 Å². The van der Waals surface area contributed by atoms with Crippen LogP contribution in [0.3, 0.4) is 0 Å². The first kappa shape index (κ1) is 22.8. The van der Waals surface area contributed by atoms with Crippen LogP contribution in [0.2, 0.25) is 0 Å². The van der Waals surface area contributed by atoms with Gasteiger partial charge < -0.3 is 18.6 Å². The molecule has 0 aromatic carbocycles. The molecule has 0 bridgehead atoms. The minimum absolute atomic E-state index is 0.0141. The largest absolute Gasteiger partial charge is 0.460 e. The molecule has 3 aromatic rings. The van der Waals surface area contributed by atoms with Crippen LogP contribution in [0.15, 0.2) is 29.1 Å². The van der Waals surface area contributed by atoms with E-state index in [0.717, 1.165) is 17.5 Å². The van der Waals surface area contributed by atoms with Crippen molar-refractivity contribution in [3.8, 4) is 11.1 Å². The van der Waals surface area contributed by atoms with E-state index < -0.39 is 12.1 Å². The van der Waals surface area contributed by atoms with Gasteiger partial charge in [0, 0.05) is 30.6 Å². The lowest BCUT2D eigenvalue weighted by Gasteiger charge is -2.27. The summed E-state index contributed by atoms with van der Waals surface area (Å²) in [4.78, 5) is 31.9. The SMILES string of the molecule is CCOC(=O)c1oc2ncc(-c3cnn(C)c3)cc2c1N(C(=O)OCC)C1COC(CC)C1. The van der Waals surface area contributed by atoms with Gasteiger partial charge in [0.2, 0.25) is 11.5 Å². The third kappa shape index (κ3) is 4.43. The molecule has 0 aliphatic carbocycles. The standard InChI is InChI=1S/C23H28N4O6/c1-5-17-9-16(13-32-17)27(23(29)31-7-3)19-18-8-14(15-11-25-26(4)12-15)10-24-21(18)33-20(19)22(28)30-6-2/h8,10-12,16-17H,5-7,9,13H2,1-4H3. The third-order valence-electron chi connectivity index (χ3n) is 5.60. The molecule has 0 spiro atoms. The predicted molar refractivity (Wildman–Crippen MR) is 120 cm³/mol. The summed E-state index contributed by atoms with van der Waals surface area (Å²) in [6.07, 6.45) is 6.07. The summed E-state index contributed by atoms with van der Waals surface area (Å²) in [5.74, 6) is -0.760. The molecule has 1 aliphatic heterocycles. The van der Waals surface area contributed by atoms with Crippen molar-refractivity contribution in [3.05, 3.63) is 30.4 Å². The van der Waals surface area contributed by atoms with Crippen molar-refractivity contribution in [3.63, 3.8) is 0 Å². The van der Waals surface area contributed by atoms with E-state index in [1.807, 2.05) is 26.2 Å². The van der Waals surface area contributed by atoms with Gasteiger partial charge in [-0.3, -0.25) is 9.58 Å². The molecule has 10 nitrogen and oxygen atoms in total. The van der Waals surface area contributed by atoms with E-state index in [1.165, 1.54) is 4.90 Å². The molecule has 1 fully saturated rings. The number of hydrogen-bond donors (Lipinski definition) is 0. The Kier molecular flexibility index (Phi) is 6.64. The molecule has 1 aliphatic rings. The second kappa shape index (κ2) is 9.62. The van der Waals surface area contributed by atoms with E-state index in [-0.39, 0.29) is 42.5 Å². The Labute approximate surface area is 191 Å². The Morgan fingerprint density at radius 2 is 1.97 bits per heavy atom. The maximum atomic E-state index is 13.2. The zero-order valence-electron chi connectivity index (χ0n) is 19.2. The average molecular weight is 456 g/mol. The highest BCUT2D eigenvalue weighted by atomic mass is 16.6. The van der Waals surface area contributed by atoms with Crippen LogP contribution >= 0.6 is 0 Å². The minimum atomic E-state index is -0.673. The lowest BCUT2D eigenvalue weighted by atomic mass is 10.1. The molecular formula is C23H28N4O6. The molecule has 3 aromatic heterocycles. The normalized spacial score (nSPS) is 17.9. The maximum Gasteiger partial charge on any atom is 0.414 e. The summed E-state index contributed by atoms with van der Waals surface area (Å²) in [6.45, 7) is 6.14. The number of carbonyl (C=O) groups excluding carboxylic acids is 2. The number of amides is 1. The van der Waals surface area contributed by atoms with E-state index in [9.17, 15) is 9.59 Å². The third-order valence-corrected chi connectivity index (χ3v) is 5.60.